The predicted molar refractivity (Wildman–Crippen MR) is 103 cm³/mol. The highest BCUT2D eigenvalue weighted by Gasteiger charge is 2.16. The van der Waals surface area contributed by atoms with E-state index in [1.807, 2.05) is 35.8 Å². The molecular weight excluding hydrogens is 344 g/mol. The van der Waals surface area contributed by atoms with Crippen LogP contribution in [0.25, 0.3) is 21.8 Å². The maximum absolute atomic E-state index is 12.6. The molecule has 2 aromatic carbocycles. The quantitative estimate of drug-likeness (QED) is 0.546. The van der Waals surface area contributed by atoms with Crippen LogP contribution in [0, 0.1) is 6.92 Å². The highest BCUT2D eigenvalue weighted by Crippen LogP contribution is 2.22. The second kappa shape index (κ2) is 6.60. The fraction of sp³-hybridized carbons (Fsp3) is 0.150. The van der Waals surface area contributed by atoms with E-state index in [0.717, 1.165) is 16.6 Å². The number of amides is 1. The van der Waals surface area contributed by atoms with Crippen molar-refractivity contribution in [2.75, 3.05) is 12.4 Å². The van der Waals surface area contributed by atoms with E-state index in [1.54, 1.807) is 18.2 Å². The third-order valence-electron chi connectivity index (χ3n) is 4.54. The SMILES string of the molecule is COC(=O)c1n[nH]c2ccc(NC(=O)Cn3c(C)cc4ccccc43)cc12. The zero-order chi connectivity index (χ0) is 19.0. The number of aromatic amines is 1. The van der Waals surface area contributed by atoms with E-state index in [1.165, 1.54) is 7.11 Å². The summed E-state index contributed by atoms with van der Waals surface area (Å²) in [5.41, 5.74) is 3.51. The van der Waals surface area contributed by atoms with Crippen molar-refractivity contribution in [3.8, 4) is 0 Å². The summed E-state index contributed by atoms with van der Waals surface area (Å²) in [5.74, 6) is -0.680. The number of carbonyl (C=O) groups excluding carboxylic acids is 2. The molecule has 2 heterocycles. The molecule has 0 aliphatic heterocycles. The van der Waals surface area contributed by atoms with Crippen LogP contribution in [-0.4, -0.2) is 33.8 Å². The zero-order valence-corrected chi connectivity index (χ0v) is 14.9. The average molecular weight is 362 g/mol. The van der Waals surface area contributed by atoms with Gasteiger partial charge < -0.3 is 14.6 Å². The van der Waals surface area contributed by atoms with Crippen LogP contribution in [0.15, 0.2) is 48.5 Å². The van der Waals surface area contributed by atoms with E-state index in [0.29, 0.717) is 16.6 Å². The monoisotopic (exact) mass is 362 g/mol. The number of anilines is 1. The summed E-state index contributed by atoms with van der Waals surface area (Å²) in [4.78, 5) is 24.4. The van der Waals surface area contributed by atoms with Gasteiger partial charge in [-0.2, -0.15) is 5.10 Å². The maximum Gasteiger partial charge on any atom is 0.359 e. The van der Waals surface area contributed by atoms with Gasteiger partial charge in [-0.25, -0.2) is 4.79 Å². The first-order valence-corrected chi connectivity index (χ1v) is 8.48. The number of hydrogen-bond donors (Lipinski definition) is 2. The fourth-order valence-corrected chi connectivity index (χ4v) is 3.25. The van der Waals surface area contributed by atoms with Crippen molar-refractivity contribution < 1.29 is 14.3 Å². The van der Waals surface area contributed by atoms with Gasteiger partial charge in [0.05, 0.1) is 12.6 Å². The van der Waals surface area contributed by atoms with Crippen LogP contribution in [0.2, 0.25) is 0 Å². The number of esters is 1. The molecule has 136 valence electrons. The minimum Gasteiger partial charge on any atom is -0.464 e. The largest absolute Gasteiger partial charge is 0.464 e. The van der Waals surface area contributed by atoms with Crippen LogP contribution in [0.5, 0.6) is 0 Å². The number of benzene rings is 2. The van der Waals surface area contributed by atoms with E-state index < -0.39 is 5.97 Å². The Bertz CT molecular complexity index is 1170. The molecule has 2 N–H and O–H groups in total. The van der Waals surface area contributed by atoms with Crippen LogP contribution in [-0.2, 0) is 16.1 Å². The van der Waals surface area contributed by atoms with Crippen LogP contribution >= 0.6 is 0 Å². The van der Waals surface area contributed by atoms with E-state index in [9.17, 15) is 9.59 Å². The topological polar surface area (TPSA) is 89.0 Å². The normalized spacial score (nSPS) is 11.0. The summed E-state index contributed by atoms with van der Waals surface area (Å²) >= 11 is 0. The molecule has 0 radical (unpaired) electrons. The zero-order valence-electron chi connectivity index (χ0n) is 14.9. The van der Waals surface area contributed by atoms with E-state index in [2.05, 4.69) is 21.6 Å². The second-order valence-corrected chi connectivity index (χ2v) is 6.30. The van der Waals surface area contributed by atoms with Gasteiger partial charge in [-0.15, -0.1) is 0 Å². The van der Waals surface area contributed by atoms with Crippen LogP contribution in [0.4, 0.5) is 5.69 Å². The van der Waals surface area contributed by atoms with Crippen molar-refractivity contribution in [2.45, 2.75) is 13.5 Å². The van der Waals surface area contributed by atoms with Crippen LogP contribution in [0.1, 0.15) is 16.2 Å². The summed E-state index contributed by atoms with van der Waals surface area (Å²) in [6, 6.07) is 15.3. The number of rotatable bonds is 4. The maximum atomic E-state index is 12.6. The minimum absolute atomic E-state index is 0.151. The lowest BCUT2D eigenvalue weighted by Crippen LogP contribution is -2.19. The number of methoxy groups -OCH3 is 1. The molecule has 0 saturated carbocycles. The lowest BCUT2D eigenvalue weighted by molar-refractivity contribution is -0.116. The molecule has 0 aliphatic rings. The Morgan fingerprint density at radius 1 is 1.19 bits per heavy atom. The van der Waals surface area contributed by atoms with Crippen molar-refractivity contribution in [1.29, 1.82) is 0 Å². The van der Waals surface area contributed by atoms with E-state index >= 15 is 0 Å². The second-order valence-electron chi connectivity index (χ2n) is 6.30. The summed E-state index contributed by atoms with van der Waals surface area (Å²) in [6.07, 6.45) is 0. The molecular formula is C20H18N4O3. The average Bonchev–Trinajstić information content (AvgIpc) is 3.22. The Kier molecular flexibility index (Phi) is 4.12. The van der Waals surface area contributed by atoms with Crippen LogP contribution < -0.4 is 5.32 Å². The molecule has 0 unspecified atom stereocenters. The van der Waals surface area contributed by atoms with Gasteiger partial charge in [-0.1, -0.05) is 18.2 Å². The molecule has 27 heavy (non-hydrogen) atoms. The summed E-state index contributed by atoms with van der Waals surface area (Å²) in [5, 5.41) is 11.3. The summed E-state index contributed by atoms with van der Waals surface area (Å²) < 4.78 is 6.71. The Labute approximate surface area is 154 Å². The van der Waals surface area contributed by atoms with Crippen molar-refractivity contribution >= 4 is 39.4 Å². The van der Waals surface area contributed by atoms with E-state index in [4.69, 9.17) is 4.74 Å². The van der Waals surface area contributed by atoms with Gasteiger partial charge in [0, 0.05) is 22.3 Å². The molecule has 4 rings (SSSR count). The molecule has 4 aromatic rings. The fourth-order valence-electron chi connectivity index (χ4n) is 3.25. The number of hydrogen-bond acceptors (Lipinski definition) is 4. The predicted octanol–water partition coefficient (Wildman–Crippen LogP) is 3.25. The Morgan fingerprint density at radius 2 is 2.00 bits per heavy atom. The minimum atomic E-state index is -0.529. The van der Waals surface area contributed by atoms with Gasteiger partial charge >= 0.3 is 5.97 Å². The molecule has 0 spiro atoms. The number of ether oxygens (including phenoxy) is 1. The number of carbonyl (C=O) groups is 2. The molecule has 7 heteroatoms. The van der Waals surface area contributed by atoms with Crippen molar-refractivity contribution in [1.82, 2.24) is 14.8 Å². The Hall–Kier alpha value is -3.61. The lowest BCUT2D eigenvalue weighted by atomic mass is 10.2. The number of nitrogens with zero attached hydrogens (tertiary/aromatic N) is 2. The van der Waals surface area contributed by atoms with Gasteiger partial charge in [-0.3, -0.25) is 9.89 Å². The first-order valence-electron chi connectivity index (χ1n) is 8.48. The molecule has 0 aliphatic carbocycles. The third kappa shape index (κ3) is 3.03. The van der Waals surface area contributed by atoms with Gasteiger partial charge in [-0.05, 0) is 42.6 Å². The van der Waals surface area contributed by atoms with Gasteiger partial charge in [0.1, 0.15) is 6.54 Å². The van der Waals surface area contributed by atoms with Gasteiger partial charge in [0.25, 0.3) is 0 Å². The molecule has 0 fully saturated rings. The highest BCUT2D eigenvalue weighted by atomic mass is 16.5. The van der Waals surface area contributed by atoms with Crippen molar-refractivity contribution in [2.24, 2.45) is 0 Å². The van der Waals surface area contributed by atoms with Gasteiger partial charge in [0.15, 0.2) is 5.69 Å². The third-order valence-corrected chi connectivity index (χ3v) is 4.54. The number of para-hydroxylation sites is 1. The van der Waals surface area contributed by atoms with E-state index in [-0.39, 0.29) is 18.1 Å². The van der Waals surface area contributed by atoms with Gasteiger partial charge in [0.2, 0.25) is 5.91 Å². The highest BCUT2D eigenvalue weighted by molar-refractivity contribution is 6.04. The number of nitrogens with one attached hydrogen (secondary N) is 2. The smallest absolute Gasteiger partial charge is 0.359 e. The molecule has 0 bridgehead atoms. The van der Waals surface area contributed by atoms with Crippen molar-refractivity contribution in [3.05, 3.63) is 59.9 Å². The summed E-state index contributed by atoms with van der Waals surface area (Å²) in [7, 11) is 1.30. The number of aromatic nitrogens is 3. The van der Waals surface area contributed by atoms with Crippen LogP contribution in [0.3, 0.4) is 0 Å². The first-order chi connectivity index (χ1) is 13.1. The molecule has 7 nitrogen and oxygen atoms in total. The molecule has 2 aromatic heterocycles. The Morgan fingerprint density at radius 3 is 2.81 bits per heavy atom. The lowest BCUT2D eigenvalue weighted by Gasteiger charge is -2.09. The number of H-pyrrole nitrogens is 1. The summed E-state index contributed by atoms with van der Waals surface area (Å²) in [6.45, 7) is 2.18. The van der Waals surface area contributed by atoms with Crippen molar-refractivity contribution in [3.63, 3.8) is 0 Å². The Balaban J connectivity index is 1.59. The number of fused-ring (bicyclic) bond motifs is 2. The molecule has 0 atom stereocenters. The molecule has 0 saturated heterocycles. The first kappa shape index (κ1) is 16.8. The number of aryl methyl sites for hydroxylation is 1. The molecule has 1 amide bonds. The standard InChI is InChI=1S/C20H18N4O3/c1-12-9-13-5-3-4-6-17(13)24(12)11-18(25)21-14-7-8-16-15(10-14)19(23-22-16)20(26)27-2/h3-10H,11H2,1-2H3,(H,21,25)(H,22,23).